The average molecular weight is 206 g/mol. The van der Waals surface area contributed by atoms with Gasteiger partial charge in [-0.15, -0.1) is 0 Å². The maximum Gasteiger partial charge on any atom is 0.0717 e. The van der Waals surface area contributed by atoms with Gasteiger partial charge in [-0.05, 0) is 11.5 Å². The van der Waals surface area contributed by atoms with Crippen molar-refractivity contribution in [1.29, 1.82) is 0 Å². The summed E-state index contributed by atoms with van der Waals surface area (Å²) in [7, 11) is 3.99. The van der Waals surface area contributed by atoms with Crippen molar-refractivity contribution in [3.8, 4) is 0 Å². The minimum Gasteiger partial charge on any atom is -0.376 e. The summed E-state index contributed by atoms with van der Waals surface area (Å²) in [6.45, 7) is 0. The summed E-state index contributed by atoms with van der Waals surface area (Å²) in [5.41, 5.74) is 1.06. The molecule has 0 aliphatic carbocycles. The summed E-state index contributed by atoms with van der Waals surface area (Å²) in [5.74, 6) is 0. The monoisotopic (exact) mass is 205 g/mol. The largest absolute Gasteiger partial charge is 0.376 e. The molecular formula is C12H12ClN. The highest BCUT2D eigenvalue weighted by Crippen LogP contribution is 2.32. The van der Waals surface area contributed by atoms with Crippen LogP contribution in [0.1, 0.15) is 0 Å². The van der Waals surface area contributed by atoms with Crippen molar-refractivity contribution >= 4 is 28.1 Å². The molecule has 0 N–H and O–H groups in total. The van der Waals surface area contributed by atoms with Crippen LogP contribution in [0.2, 0.25) is 5.02 Å². The van der Waals surface area contributed by atoms with Crippen LogP contribution in [0.5, 0.6) is 0 Å². The smallest absolute Gasteiger partial charge is 0.0717 e. The fourth-order valence-corrected chi connectivity index (χ4v) is 1.97. The fourth-order valence-electron chi connectivity index (χ4n) is 1.57. The molecule has 72 valence electrons. The van der Waals surface area contributed by atoms with E-state index < -0.39 is 0 Å². The van der Waals surface area contributed by atoms with Crippen LogP contribution in [-0.2, 0) is 0 Å². The van der Waals surface area contributed by atoms with Crippen molar-refractivity contribution in [2.45, 2.75) is 0 Å². The van der Waals surface area contributed by atoms with Gasteiger partial charge in [-0.3, -0.25) is 0 Å². The lowest BCUT2D eigenvalue weighted by molar-refractivity contribution is 1.14. The van der Waals surface area contributed by atoms with E-state index in [9.17, 15) is 0 Å². The van der Waals surface area contributed by atoms with Crippen LogP contribution in [0.4, 0.5) is 5.69 Å². The topological polar surface area (TPSA) is 3.24 Å². The Morgan fingerprint density at radius 1 is 1.00 bits per heavy atom. The van der Waals surface area contributed by atoms with E-state index in [-0.39, 0.29) is 0 Å². The van der Waals surface area contributed by atoms with Gasteiger partial charge in [0.1, 0.15) is 0 Å². The van der Waals surface area contributed by atoms with Gasteiger partial charge in [-0.25, -0.2) is 0 Å². The standard InChI is InChI=1S/C12H12ClN/c1-14(2)11-8-7-9-5-3-4-6-10(9)12(11)13/h3-8H,1-2H3. The summed E-state index contributed by atoms with van der Waals surface area (Å²) < 4.78 is 0. The molecule has 1 nitrogen and oxygen atoms in total. The van der Waals surface area contributed by atoms with Crippen molar-refractivity contribution in [1.82, 2.24) is 0 Å². The molecule has 0 amide bonds. The van der Waals surface area contributed by atoms with Crippen molar-refractivity contribution in [2.24, 2.45) is 0 Å². The van der Waals surface area contributed by atoms with Crippen molar-refractivity contribution in [3.05, 3.63) is 41.4 Å². The third-order valence-electron chi connectivity index (χ3n) is 2.32. The van der Waals surface area contributed by atoms with Gasteiger partial charge in [0.15, 0.2) is 0 Å². The van der Waals surface area contributed by atoms with E-state index in [4.69, 9.17) is 11.6 Å². The number of rotatable bonds is 1. The molecule has 0 fully saturated rings. The highest BCUT2D eigenvalue weighted by Gasteiger charge is 2.05. The van der Waals surface area contributed by atoms with E-state index in [0.29, 0.717) is 0 Å². The molecule has 0 heterocycles. The first-order valence-corrected chi connectivity index (χ1v) is 4.92. The molecule has 2 aromatic rings. The van der Waals surface area contributed by atoms with Gasteiger partial charge in [0.2, 0.25) is 0 Å². The first-order valence-electron chi connectivity index (χ1n) is 4.55. The second-order valence-corrected chi connectivity index (χ2v) is 3.89. The van der Waals surface area contributed by atoms with Gasteiger partial charge in [-0.1, -0.05) is 41.9 Å². The number of hydrogen-bond donors (Lipinski definition) is 0. The summed E-state index contributed by atoms with van der Waals surface area (Å²) in [6.07, 6.45) is 0. The zero-order valence-corrected chi connectivity index (χ0v) is 9.05. The second-order valence-electron chi connectivity index (χ2n) is 3.51. The van der Waals surface area contributed by atoms with Crippen LogP contribution in [-0.4, -0.2) is 14.1 Å². The normalized spacial score (nSPS) is 10.5. The molecule has 2 heteroatoms. The molecule has 0 aromatic heterocycles. The van der Waals surface area contributed by atoms with Gasteiger partial charge in [-0.2, -0.15) is 0 Å². The van der Waals surface area contributed by atoms with Crippen molar-refractivity contribution < 1.29 is 0 Å². The van der Waals surface area contributed by atoms with Crippen molar-refractivity contribution in [2.75, 3.05) is 19.0 Å². The third-order valence-corrected chi connectivity index (χ3v) is 2.72. The molecule has 0 spiro atoms. The molecule has 0 unspecified atom stereocenters. The van der Waals surface area contributed by atoms with Crippen LogP contribution in [0, 0.1) is 0 Å². The Morgan fingerprint density at radius 3 is 2.43 bits per heavy atom. The second kappa shape index (κ2) is 3.50. The zero-order chi connectivity index (χ0) is 10.1. The Labute approximate surface area is 88.9 Å². The molecule has 0 aliphatic rings. The minimum atomic E-state index is 0.827. The van der Waals surface area contributed by atoms with E-state index in [0.717, 1.165) is 16.1 Å². The Hall–Kier alpha value is -1.21. The van der Waals surface area contributed by atoms with Crippen LogP contribution < -0.4 is 4.90 Å². The zero-order valence-electron chi connectivity index (χ0n) is 8.29. The summed E-state index contributed by atoms with van der Waals surface area (Å²) in [4.78, 5) is 2.02. The van der Waals surface area contributed by atoms with E-state index in [1.54, 1.807) is 0 Å². The minimum absolute atomic E-state index is 0.827. The quantitative estimate of drug-likeness (QED) is 0.688. The van der Waals surface area contributed by atoms with Gasteiger partial charge in [0.05, 0.1) is 10.7 Å². The number of anilines is 1. The number of nitrogens with zero attached hydrogens (tertiary/aromatic N) is 1. The van der Waals surface area contributed by atoms with E-state index >= 15 is 0 Å². The highest BCUT2D eigenvalue weighted by atomic mass is 35.5. The van der Waals surface area contributed by atoms with E-state index in [2.05, 4.69) is 12.1 Å². The first-order chi connectivity index (χ1) is 6.70. The van der Waals surface area contributed by atoms with Gasteiger partial charge >= 0.3 is 0 Å². The van der Waals surface area contributed by atoms with Crippen LogP contribution in [0.15, 0.2) is 36.4 Å². The van der Waals surface area contributed by atoms with Crippen LogP contribution >= 0.6 is 11.6 Å². The molecule has 0 atom stereocenters. The van der Waals surface area contributed by atoms with Crippen LogP contribution in [0.3, 0.4) is 0 Å². The summed E-state index contributed by atoms with van der Waals surface area (Å²) in [6, 6.07) is 12.3. The Morgan fingerprint density at radius 2 is 1.71 bits per heavy atom. The molecule has 0 aliphatic heterocycles. The van der Waals surface area contributed by atoms with Gasteiger partial charge in [0.25, 0.3) is 0 Å². The number of hydrogen-bond acceptors (Lipinski definition) is 1. The average Bonchev–Trinajstić information content (AvgIpc) is 2.18. The predicted octanol–water partition coefficient (Wildman–Crippen LogP) is 3.56. The fraction of sp³-hybridized carbons (Fsp3) is 0.167. The van der Waals surface area contributed by atoms with Crippen LogP contribution in [0.25, 0.3) is 10.8 Å². The lowest BCUT2D eigenvalue weighted by atomic mass is 10.1. The van der Waals surface area contributed by atoms with Gasteiger partial charge < -0.3 is 4.90 Å². The number of fused-ring (bicyclic) bond motifs is 1. The molecule has 14 heavy (non-hydrogen) atoms. The Kier molecular flexibility index (Phi) is 2.34. The molecular weight excluding hydrogens is 194 g/mol. The number of benzene rings is 2. The molecule has 0 saturated heterocycles. The predicted molar refractivity (Wildman–Crippen MR) is 63.3 cm³/mol. The maximum atomic E-state index is 6.29. The van der Waals surface area contributed by atoms with Crippen molar-refractivity contribution in [3.63, 3.8) is 0 Å². The molecule has 2 rings (SSSR count). The van der Waals surface area contributed by atoms with E-state index in [1.807, 2.05) is 43.3 Å². The lowest BCUT2D eigenvalue weighted by Gasteiger charge is -2.15. The molecule has 0 radical (unpaired) electrons. The number of halogens is 1. The van der Waals surface area contributed by atoms with Gasteiger partial charge in [0, 0.05) is 19.5 Å². The maximum absolute atomic E-state index is 6.29. The summed E-state index contributed by atoms with van der Waals surface area (Å²) in [5, 5.41) is 3.12. The summed E-state index contributed by atoms with van der Waals surface area (Å²) >= 11 is 6.29. The Bertz CT molecular complexity index is 463. The van der Waals surface area contributed by atoms with E-state index in [1.165, 1.54) is 5.39 Å². The molecule has 2 aromatic carbocycles. The third kappa shape index (κ3) is 1.44. The lowest BCUT2D eigenvalue weighted by Crippen LogP contribution is -2.08. The molecule has 0 bridgehead atoms. The molecule has 0 saturated carbocycles. The first kappa shape index (κ1) is 9.35. The highest BCUT2D eigenvalue weighted by molar-refractivity contribution is 6.38. The SMILES string of the molecule is CN(C)c1ccc2ccccc2c1Cl. The Balaban J connectivity index is 2.75.